The third-order valence-electron chi connectivity index (χ3n) is 6.86. The van der Waals surface area contributed by atoms with Crippen LogP contribution in [-0.4, -0.2) is 78.6 Å². The first-order valence-electron chi connectivity index (χ1n) is 12.0. The number of nitrogens with one attached hydrogen (secondary N) is 1. The van der Waals surface area contributed by atoms with Gasteiger partial charge in [-0.1, -0.05) is 36.4 Å². The second kappa shape index (κ2) is 9.94. The maximum Gasteiger partial charge on any atom is 0.410 e. The summed E-state index contributed by atoms with van der Waals surface area (Å²) in [5.41, 5.74) is 1.42. The molecule has 5 rings (SSSR count). The van der Waals surface area contributed by atoms with Gasteiger partial charge in [0.25, 0.3) is 5.91 Å². The van der Waals surface area contributed by atoms with Gasteiger partial charge >= 0.3 is 6.09 Å². The van der Waals surface area contributed by atoms with Gasteiger partial charge in [-0.05, 0) is 24.1 Å². The highest BCUT2D eigenvalue weighted by Gasteiger charge is 2.42. The van der Waals surface area contributed by atoms with Gasteiger partial charge in [0.2, 0.25) is 21.8 Å². The molecule has 3 heterocycles. The van der Waals surface area contributed by atoms with Crippen LogP contribution in [0.4, 0.5) is 4.79 Å². The molecule has 1 N–H and O–H groups in total. The molecule has 11 nitrogen and oxygen atoms in total. The number of piperidine rings is 1. The van der Waals surface area contributed by atoms with Crippen LogP contribution in [0.2, 0.25) is 0 Å². The standard InChI is InChI=1S/C25H26N4O7S/c30-22-10-9-20(23(31)26-22)29-15-19-18(24(29)32)7-4-8-21(19)37(34,35)28-13-11-27(12-14-28)25(33)36-16-17-5-2-1-3-6-17/h1-8,20H,9-16H2,(H,26,30,31). The molecule has 0 bridgehead atoms. The molecule has 4 amide bonds. The number of piperazine rings is 1. The molecule has 194 valence electrons. The quantitative estimate of drug-likeness (QED) is 0.577. The van der Waals surface area contributed by atoms with Crippen molar-refractivity contribution in [2.75, 3.05) is 26.2 Å². The van der Waals surface area contributed by atoms with E-state index in [0.29, 0.717) is 5.56 Å². The lowest BCUT2D eigenvalue weighted by molar-refractivity contribution is -0.136. The van der Waals surface area contributed by atoms with Crippen LogP contribution in [0.5, 0.6) is 0 Å². The molecule has 0 spiro atoms. The van der Waals surface area contributed by atoms with Crippen molar-refractivity contribution < 1.29 is 32.3 Å². The predicted molar refractivity (Wildman–Crippen MR) is 129 cm³/mol. The number of fused-ring (bicyclic) bond motifs is 1. The van der Waals surface area contributed by atoms with Gasteiger partial charge in [0.05, 0.1) is 4.90 Å². The van der Waals surface area contributed by atoms with E-state index in [4.69, 9.17) is 4.74 Å². The lowest BCUT2D eigenvalue weighted by Gasteiger charge is -2.33. The van der Waals surface area contributed by atoms with Gasteiger partial charge in [-0.2, -0.15) is 4.31 Å². The van der Waals surface area contributed by atoms with Gasteiger partial charge in [-0.3, -0.25) is 19.7 Å². The van der Waals surface area contributed by atoms with E-state index in [9.17, 15) is 27.6 Å². The summed E-state index contributed by atoms with van der Waals surface area (Å²) < 4.78 is 33.8. The van der Waals surface area contributed by atoms with Gasteiger partial charge in [0.15, 0.2) is 0 Å². The van der Waals surface area contributed by atoms with E-state index in [0.717, 1.165) is 5.56 Å². The summed E-state index contributed by atoms with van der Waals surface area (Å²) in [5, 5.41) is 2.24. The first-order valence-corrected chi connectivity index (χ1v) is 13.4. The number of imide groups is 1. The first kappa shape index (κ1) is 24.9. The fourth-order valence-corrected chi connectivity index (χ4v) is 6.52. The number of amides is 4. The van der Waals surface area contributed by atoms with Crippen LogP contribution in [0.15, 0.2) is 53.4 Å². The predicted octanol–water partition coefficient (Wildman–Crippen LogP) is 1.09. The highest BCUT2D eigenvalue weighted by molar-refractivity contribution is 7.89. The van der Waals surface area contributed by atoms with Crippen LogP contribution in [0.25, 0.3) is 0 Å². The number of ether oxygens (including phenoxy) is 1. The summed E-state index contributed by atoms with van der Waals surface area (Å²) in [7, 11) is -3.97. The Morgan fingerprint density at radius 3 is 2.41 bits per heavy atom. The fraction of sp³-hybridized carbons (Fsp3) is 0.360. The minimum atomic E-state index is -3.97. The summed E-state index contributed by atoms with van der Waals surface area (Å²) in [6.07, 6.45) is -0.207. The van der Waals surface area contributed by atoms with Crippen LogP contribution in [0.1, 0.15) is 34.3 Å². The van der Waals surface area contributed by atoms with Crippen molar-refractivity contribution in [2.24, 2.45) is 0 Å². The zero-order valence-corrected chi connectivity index (χ0v) is 20.8. The van der Waals surface area contributed by atoms with Crippen LogP contribution in [0.3, 0.4) is 0 Å². The topological polar surface area (TPSA) is 133 Å². The number of rotatable bonds is 5. The summed E-state index contributed by atoms with van der Waals surface area (Å²) >= 11 is 0. The van der Waals surface area contributed by atoms with Gasteiger partial charge in [0, 0.05) is 50.3 Å². The van der Waals surface area contributed by atoms with Gasteiger partial charge in [0.1, 0.15) is 12.6 Å². The van der Waals surface area contributed by atoms with Crippen molar-refractivity contribution in [1.29, 1.82) is 0 Å². The largest absolute Gasteiger partial charge is 0.445 e. The molecule has 0 radical (unpaired) electrons. The number of hydrogen-bond acceptors (Lipinski definition) is 7. The van der Waals surface area contributed by atoms with Crippen LogP contribution in [0, 0.1) is 0 Å². The fourth-order valence-electron chi connectivity index (χ4n) is 4.86. The van der Waals surface area contributed by atoms with E-state index < -0.39 is 39.9 Å². The molecule has 2 saturated heterocycles. The van der Waals surface area contributed by atoms with E-state index in [1.165, 1.54) is 26.2 Å². The highest BCUT2D eigenvalue weighted by atomic mass is 32.2. The van der Waals surface area contributed by atoms with Gasteiger partial charge < -0.3 is 14.5 Å². The molecular formula is C25H26N4O7S. The highest BCUT2D eigenvalue weighted by Crippen LogP contribution is 2.33. The lowest BCUT2D eigenvalue weighted by Crippen LogP contribution is -2.52. The monoisotopic (exact) mass is 526 g/mol. The zero-order valence-electron chi connectivity index (χ0n) is 20.0. The summed E-state index contributed by atoms with van der Waals surface area (Å²) in [5.74, 6) is -1.39. The Balaban J connectivity index is 1.26. The first-order chi connectivity index (χ1) is 17.8. The Bertz CT molecular complexity index is 1350. The molecule has 12 heteroatoms. The maximum absolute atomic E-state index is 13.6. The van der Waals surface area contributed by atoms with E-state index in [-0.39, 0.29) is 62.6 Å². The molecule has 37 heavy (non-hydrogen) atoms. The molecule has 3 aliphatic heterocycles. The van der Waals surface area contributed by atoms with E-state index >= 15 is 0 Å². The molecule has 0 aromatic heterocycles. The summed E-state index contributed by atoms with van der Waals surface area (Å²) in [6.45, 7) is 0.592. The Kier molecular flexibility index (Phi) is 6.69. The van der Waals surface area contributed by atoms with Crippen molar-refractivity contribution >= 4 is 33.8 Å². The number of carbonyl (C=O) groups is 4. The normalized spacial score (nSPS) is 20.5. The third kappa shape index (κ3) is 4.81. The van der Waals surface area contributed by atoms with Crippen molar-refractivity contribution in [3.05, 3.63) is 65.2 Å². The number of carbonyl (C=O) groups excluding carboxylic acids is 4. The average molecular weight is 527 g/mol. The number of benzene rings is 2. The molecule has 2 aromatic carbocycles. The van der Waals surface area contributed by atoms with Crippen molar-refractivity contribution in [2.45, 2.75) is 36.9 Å². The van der Waals surface area contributed by atoms with Gasteiger partial charge in [-0.25, -0.2) is 13.2 Å². The Hall–Kier alpha value is -3.77. The lowest BCUT2D eigenvalue weighted by atomic mass is 10.0. The van der Waals surface area contributed by atoms with E-state index in [2.05, 4.69) is 5.32 Å². The van der Waals surface area contributed by atoms with Crippen molar-refractivity contribution in [3.8, 4) is 0 Å². The van der Waals surface area contributed by atoms with Crippen molar-refractivity contribution in [3.63, 3.8) is 0 Å². The molecule has 2 fully saturated rings. The van der Waals surface area contributed by atoms with E-state index in [1.807, 2.05) is 30.3 Å². The van der Waals surface area contributed by atoms with Crippen LogP contribution < -0.4 is 5.32 Å². The van der Waals surface area contributed by atoms with Crippen LogP contribution in [-0.2, 0) is 37.5 Å². The SMILES string of the molecule is O=C1CCC(N2Cc3c(cccc3S(=O)(=O)N3CCN(C(=O)OCc4ccccc4)CC3)C2=O)C(=O)N1. The second-order valence-electron chi connectivity index (χ2n) is 9.11. The molecule has 3 aliphatic rings. The molecular weight excluding hydrogens is 500 g/mol. The second-order valence-corrected chi connectivity index (χ2v) is 11.0. The third-order valence-corrected chi connectivity index (χ3v) is 8.84. The minimum Gasteiger partial charge on any atom is -0.445 e. The van der Waals surface area contributed by atoms with Crippen molar-refractivity contribution in [1.82, 2.24) is 19.4 Å². The maximum atomic E-state index is 13.6. The van der Waals surface area contributed by atoms with Gasteiger partial charge in [-0.15, -0.1) is 0 Å². The Labute approximate surface area is 214 Å². The zero-order chi connectivity index (χ0) is 26.2. The molecule has 1 unspecified atom stereocenters. The minimum absolute atomic E-state index is 0.00764. The van der Waals surface area contributed by atoms with Crippen LogP contribution >= 0.6 is 0 Å². The number of nitrogens with zero attached hydrogens (tertiary/aromatic N) is 3. The average Bonchev–Trinajstić information content (AvgIpc) is 3.24. The number of hydrogen-bond donors (Lipinski definition) is 1. The Morgan fingerprint density at radius 1 is 0.973 bits per heavy atom. The Morgan fingerprint density at radius 2 is 1.70 bits per heavy atom. The molecule has 0 aliphatic carbocycles. The number of sulfonamides is 1. The summed E-state index contributed by atoms with van der Waals surface area (Å²) in [4.78, 5) is 52.2. The molecule has 2 aromatic rings. The summed E-state index contributed by atoms with van der Waals surface area (Å²) in [6, 6.07) is 12.9. The van der Waals surface area contributed by atoms with E-state index in [1.54, 1.807) is 6.07 Å². The molecule has 1 atom stereocenters. The molecule has 0 saturated carbocycles. The smallest absolute Gasteiger partial charge is 0.410 e.